The van der Waals surface area contributed by atoms with Crippen LogP contribution in [0.15, 0.2) is 60.4 Å². The number of methoxy groups -OCH3 is 1. The second kappa shape index (κ2) is 14.5. The Morgan fingerprint density at radius 1 is 1.06 bits per heavy atom. The van der Waals surface area contributed by atoms with E-state index in [0.29, 0.717) is 47.9 Å². The lowest BCUT2D eigenvalue weighted by Crippen LogP contribution is -2.21. The molecule has 0 fully saturated rings. The van der Waals surface area contributed by atoms with Crippen LogP contribution in [0.1, 0.15) is 10.4 Å². The molecule has 0 aliphatic rings. The van der Waals surface area contributed by atoms with Gasteiger partial charge in [0.05, 0.1) is 12.9 Å². The molecule has 186 valence electrons. The van der Waals surface area contributed by atoms with Crippen LogP contribution in [0.2, 0.25) is 0 Å². The summed E-state index contributed by atoms with van der Waals surface area (Å²) in [6.45, 7) is 0.745. The number of anilines is 1. The first-order valence-corrected chi connectivity index (χ1v) is 9.65. The number of carboxylic acids is 1. The SMILES string of the molecule is COCCOc1cc(NC(=O)c2ccccc2)ccc1OCC(=CF)CN.O=C(O)C(F)(F)F. The van der Waals surface area contributed by atoms with Gasteiger partial charge in [-0.25, -0.2) is 9.18 Å². The van der Waals surface area contributed by atoms with Crippen LogP contribution in [0.4, 0.5) is 23.2 Å². The average molecular weight is 488 g/mol. The van der Waals surface area contributed by atoms with E-state index in [1.807, 2.05) is 6.07 Å². The second-order valence-electron chi connectivity index (χ2n) is 6.39. The minimum atomic E-state index is -5.08. The first-order valence-electron chi connectivity index (χ1n) is 9.65. The molecule has 0 heterocycles. The summed E-state index contributed by atoms with van der Waals surface area (Å²) in [6, 6.07) is 13.8. The van der Waals surface area contributed by atoms with Crippen molar-refractivity contribution in [3.05, 3.63) is 66.0 Å². The molecule has 0 bridgehead atoms. The molecule has 2 rings (SSSR count). The molecule has 0 aliphatic carbocycles. The van der Waals surface area contributed by atoms with E-state index in [9.17, 15) is 22.4 Å². The number of carboxylic acid groups (broad SMARTS) is 1. The normalized spacial score (nSPS) is 11.2. The Morgan fingerprint density at radius 3 is 2.24 bits per heavy atom. The van der Waals surface area contributed by atoms with Crippen LogP contribution in [0.3, 0.4) is 0 Å². The first kappa shape index (κ1) is 28.4. The Morgan fingerprint density at radius 2 is 1.71 bits per heavy atom. The highest BCUT2D eigenvalue weighted by atomic mass is 19.4. The molecule has 0 radical (unpaired) electrons. The van der Waals surface area contributed by atoms with Crippen molar-refractivity contribution in [2.45, 2.75) is 6.18 Å². The topological polar surface area (TPSA) is 120 Å². The Kier molecular flexibility index (Phi) is 12.1. The zero-order valence-electron chi connectivity index (χ0n) is 18.1. The van der Waals surface area contributed by atoms with Gasteiger partial charge in [0.25, 0.3) is 5.91 Å². The molecule has 0 aliphatic heterocycles. The van der Waals surface area contributed by atoms with E-state index in [4.69, 9.17) is 29.8 Å². The Bertz CT molecular complexity index is 952. The largest absolute Gasteiger partial charge is 0.490 e. The maximum Gasteiger partial charge on any atom is 0.490 e. The number of aliphatic carboxylic acids is 1. The molecule has 0 aromatic heterocycles. The molecular formula is C22H24F4N2O6. The van der Waals surface area contributed by atoms with E-state index < -0.39 is 12.1 Å². The number of alkyl halides is 3. The van der Waals surface area contributed by atoms with E-state index >= 15 is 0 Å². The summed E-state index contributed by atoms with van der Waals surface area (Å²) in [4.78, 5) is 21.2. The minimum Gasteiger partial charge on any atom is -0.487 e. The number of amides is 1. The Balaban J connectivity index is 0.000000718. The van der Waals surface area contributed by atoms with Crippen LogP contribution >= 0.6 is 0 Å². The summed E-state index contributed by atoms with van der Waals surface area (Å²) < 4.78 is 60.6. The monoisotopic (exact) mass is 488 g/mol. The highest BCUT2D eigenvalue weighted by Gasteiger charge is 2.38. The van der Waals surface area contributed by atoms with Gasteiger partial charge in [-0.15, -0.1) is 0 Å². The predicted molar refractivity (Wildman–Crippen MR) is 116 cm³/mol. The fourth-order valence-electron chi connectivity index (χ4n) is 2.15. The molecular weight excluding hydrogens is 464 g/mol. The summed E-state index contributed by atoms with van der Waals surface area (Å²) >= 11 is 0. The highest BCUT2D eigenvalue weighted by molar-refractivity contribution is 6.04. The van der Waals surface area contributed by atoms with Gasteiger partial charge in [-0.05, 0) is 24.3 Å². The van der Waals surface area contributed by atoms with E-state index in [2.05, 4.69) is 5.32 Å². The van der Waals surface area contributed by atoms with Gasteiger partial charge < -0.3 is 30.4 Å². The molecule has 4 N–H and O–H groups in total. The third kappa shape index (κ3) is 10.3. The van der Waals surface area contributed by atoms with E-state index in [0.717, 1.165) is 0 Å². The molecule has 12 heteroatoms. The van der Waals surface area contributed by atoms with Gasteiger partial charge in [-0.3, -0.25) is 4.79 Å². The second-order valence-corrected chi connectivity index (χ2v) is 6.39. The zero-order chi connectivity index (χ0) is 25.6. The molecule has 34 heavy (non-hydrogen) atoms. The molecule has 2 aromatic rings. The lowest BCUT2D eigenvalue weighted by atomic mass is 10.2. The fraction of sp³-hybridized carbons (Fsp3) is 0.273. The fourth-order valence-corrected chi connectivity index (χ4v) is 2.15. The predicted octanol–water partition coefficient (Wildman–Crippen LogP) is 3.79. The zero-order valence-corrected chi connectivity index (χ0v) is 18.1. The third-order valence-electron chi connectivity index (χ3n) is 3.85. The quantitative estimate of drug-likeness (QED) is 0.344. The van der Waals surface area contributed by atoms with Crippen LogP contribution in [0.25, 0.3) is 0 Å². The third-order valence-corrected chi connectivity index (χ3v) is 3.85. The first-order chi connectivity index (χ1) is 16.1. The van der Waals surface area contributed by atoms with Crippen molar-refractivity contribution < 1.29 is 46.5 Å². The summed E-state index contributed by atoms with van der Waals surface area (Å²) in [6.07, 6.45) is -4.65. The molecule has 1 amide bonds. The number of hydrogen-bond acceptors (Lipinski definition) is 6. The van der Waals surface area contributed by atoms with Gasteiger partial charge in [0.2, 0.25) is 0 Å². The van der Waals surface area contributed by atoms with Gasteiger partial charge in [0.15, 0.2) is 11.5 Å². The minimum absolute atomic E-state index is 0.00333. The molecule has 8 nitrogen and oxygen atoms in total. The van der Waals surface area contributed by atoms with Crippen molar-refractivity contribution >= 4 is 17.6 Å². The van der Waals surface area contributed by atoms with Crippen molar-refractivity contribution in [2.24, 2.45) is 5.73 Å². The summed E-state index contributed by atoms with van der Waals surface area (Å²) in [7, 11) is 1.57. The van der Waals surface area contributed by atoms with Crippen molar-refractivity contribution in [1.29, 1.82) is 0 Å². The number of ether oxygens (including phenoxy) is 3. The summed E-state index contributed by atoms with van der Waals surface area (Å²) in [5.41, 5.74) is 6.84. The van der Waals surface area contributed by atoms with E-state index in [1.165, 1.54) is 0 Å². The van der Waals surface area contributed by atoms with Gasteiger partial charge >= 0.3 is 12.1 Å². The van der Waals surface area contributed by atoms with Gasteiger partial charge in [0.1, 0.15) is 13.2 Å². The van der Waals surface area contributed by atoms with E-state index in [1.54, 1.807) is 49.6 Å². The summed E-state index contributed by atoms with van der Waals surface area (Å²) in [5, 5.41) is 9.93. The maximum atomic E-state index is 12.7. The van der Waals surface area contributed by atoms with Gasteiger partial charge in [-0.2, -0.15) is 13.2 Å². The van der Waals surface area contributed by atoms with Crippen LogP contribution in [-0.4, -0.2) is 56.6 Å². The number of carbonyl (C=O) groups is 2. The molecule has 2 aromatic carbocycles. The van der Waals surface area contributed by atoms with Crippen molar-refractivity contribution in [2.75, 3.05) is 38.8 Å². The number of rotatable bonds is 10. The molecule has 0 saturated carbocycles. The van der Waals surface area contributed by atoms with Crippen molar-refractivity contribution in [3.8, 4) is 11.5 Å². The van der Waals surface area contributed by atoms with Crippen LogP contribution in [0, 0.1) is 0 Å². The molecule has 0 spiro atoms. The molecule has 0 unspecified atom stereocenters. The summed E-state index contributed by atoms with van der Waals surface area (Å²) in [5.74, 6) is -2.17. The van der Waals surface area contributed by atoms with Crippen LogP contribution in [0.5, 0.6) is 11.5 Å². The molecule has 0 saturated heterocycles. The lowest BCUT2D eigenvalue weighted by Gasteiger charge is -2.15. The average Bonchev–Trinajstić information content (AvgIpc) is 2.81. The van der Waals surface area contributed by atoms with Crippen molar-refractivity contribution in [3.63, 3.8) is 0 Å². The number of nitrogens with one attached hydrogen (secondary N) is 1. The standard InChI is InChI=1S/C20H23FN2O4.C2HF3O2/c1-25-9-10-26-19-11-17(23-20(24)16-5-3-2-4-6-16)7-8-18(19)27-14-15(12-21)13-22;3-2(4,5)1(6)7/h2-8,11-12H,9-10,13-14,22H2,1H3,(H,23,24);(H,6,7). The Hall–Kier alpha value is -3.64. The molecule has 0 atom stereocenters. The highest BCUT2D eigenvalue weighted by Crippen LogP contribution is 2.31. The number of carbonyl (C=O) groups excluding carboxylic acids is 1. The maximum absolute atomic E-state index is 12.7. The van der Waals surface area contributed by atoms with Gasteiger partial charge in [-0.1, -0.05) is 18.2 Å². The van der Waals surface area contributed by atoms with E-state index in [-0.39, 0.29) is 19.1 Å². The number of halogens is 4. The van der Waals surface area contributed by atoms with Crippen molar-refractivity contribution in [1.82, 2.24) is 0 Å². The smallest absolute Gasteiger partial charge is 0.487 e. The van der Waals surface area contributed by atoms with Crippen LogP contribution < -0.4 is 20.5 Å². The number of nitrogens with two attached hydrogens (primary N) is 1. The van der Waals surface area contributed by atoms with Crippen LogP contribution in [-0.2, 0) is 9.53 Å². The Labute approximate surface area is 192 Å². The lowest BCUT2D eigenvalue weighted by molar-refractivity contribution is -0.192. The number of benzene rings is 2. The number of hydrogen-bond donors (Lipinski definition) is 3. The van der Waals surface area contributed by atoms with Gasteiger partial charge in [0, 0.05) is 36.5 Å².